The number of urea groups is 1. The van der Waals surface area contributed by atoms with E-state index in [-0.39, 0.29) is 5.57 Å². The number of benzene rings is 3. The minimum atomic E-state index is -0.776. The molecule has 0 bridgehead atoms. The monoisotopic (exact) mass is 622 g/mol. The lowest BCUT2D eigenvalue weighted by molar-refractivity contribution is -0.122. The Morgan fingerprint density at radius 3 is 2.30 bits per heavy atom. The molecular weight excluding hydrogens is 600 g/mol. The number of aryl methyl sites for hydroxylation is 1. The van der Waals surface area contributed by atoms with Gasteiger partial charge in [0, 0.05) is 4.47 Å². The summed E-state index contributed by atoms with van der Waals surface area (Å²) in [6.45, 7) is 6.22. The molecule has 37 heavy (non-hydrogen) atoms. The summed E-state index contributed by atoms with van der Waals surface area (Å²) in [5.74, 6) is -0.777. The molecular formula is C29H24Br2N2O4. The fourth-order valence-corrected chi connectivity index (χ4v) is 4.80. The Kier molecular flexibility index (Phi) is 8.41. The van der Waals surface area contributed by atoms with Gasteiger partial charge in [0.15, 0.2) is 0 Å². The Bertz CT molecular complexity index is 1400. The number of nitrogens with zero attached hydrogens (tertiary/aromatic N) is 1. The van der Waals surface area contributed by atoms with Gasteiger partial charge in [-0.1, -0.05) is 53.2 Å². The Labute approximate surface area is 232 Å². The summed E-state index contributed by atoms with van der Waals surface area (Å²) >= 11 is 7.00. The first-order chi connectivity index (χ1) is 17.8. The zero-order valence-corrected chi connectivity index (χ0v) is 23.3. The number of anilines is 1. The molecule has 3 aromatic rings. The van der Waals surface area contributed by atoms with Crippen LogP contribution in [0.3, 0.4) is 0 Å². The van der Waals surface area contributed by atoms with Crippen molar-refractivity contribution >= 4 is 61.5 Å². The molecule has 1 heterocycles. The second-order valence-corrected chi connectivity index (χ2v) is 10.1. The van der Waals surface area contributed by atoms with Gasteiger partial charge in [-0.2, -0.15) is 0 Å². The van der Waals surface area contributed by atoms with Crippen molar-refractivity contribution in [3.8, 4) is 5.75 Å². The zero-order valence-electron chi connectivity index (χ0n) is 20.1. The lowest BCUT2D eigenvalue weighted by Gasteiger charge is -2.26. The van der Waals surface area contributed by atoms with Crippen molar-refractivity contribution < 1.29 is 19.1 Å². The first-order valence-electron chi connectivity index (χ1n) is 11.6. The standard InChI is InChI=1S/C29H24Br2N2O4/c1-3-5-21-14-20(16-25(31)26(21)37-17-19-6-10-22(30)11-7-19)15-24-27(34)32-29(36)33(28(24)35)23-12-8-18(4-2)9-13-23/h3,6-16H,1,4-5,17H2,2H3,(H,32,34,36)/b24-15-. The molecule has 1 aliphatic rings. The normalized spacial score (nSPS) is 14.6. The summed E-state index contributed by atoms with van der Waals surface area (Å²) in [5.41, 5.74) is 3.77. The molecule has 1 N–H and O–H groups in total. The third kappa shape index (κ3) is 6.09. The highest BCUT2D eigenvalue weighted by Crippen LogP contribution is 2.34. The van der Waals surface area contributed by atoms with Crippen molar-refractivity contribution in [3.05, 3.63) is 110 Å². The van der Waals surface area contributed by atoms with Gasteiger partial charge in [0.2, 0.25) is 0 Å². The SMILES string of the molecule is C=CCc1cc(/C=C2/C(=O)NC(=O)N(c3ccc(CC)cc3)C2=O)cc(Br)c1OCc1ccc(Br)cc1. The summed E-state index contributed by atoms with van der Waals surface area (Å²) in [6.07, 6.45) is 4.58. The molecule has 188 valence electrons. The number of rotatable bonds is 8. The molecule has 0 aromatic heterocycles. The average molecular weight is 624 g/mol. The van der Waals surface area contributed by atoms with Crippen LogP contribution in [0, 0.1) is 0 Å². The third-order valence-electron chi connectivity index (χ3n) is 5.82. The molecule has 6 nitrogen and oxygen atoms in total. The highest BCUT2D eigenvalue weighted by atomic mass is 79.9. The third-order valence-corrected chi connectivity index (χ3v) is 6.94. The quantitative estimate of drug-likeness (QED) is 0.171. The van der Waals surface area contributed by atoms with Gasteiger partial charge in [-0.25, -0.2) is 9.69 Å². The second-order valence-electron chi connectivity index (χ2n) is 8.38. The lowest BCUT2D eigenvalue weighted by Crippen LogP contribution is -2.54. The Morgan fingerprint density at radius 1 is 0.973 bits per heavy atom. The van der Waals surface area contributed by atoms with Crippen molar-refractivity contribution in [1.29, 1.82) is 0 Å². The molecule has 8 heteroatoms. The summed E-state index contributed by atoms with van der Waals surface area (Å²) < 4.78 is 7.77. The Hall–Kier alpha value is -3.49. The highest BCUT2D eigenvalue weighted by Gasteiger charge is 2.36. The van der Waals surface area contributed by atoms with Gasteiger partial charge >= 0.3 is 6.03 Å². The van der Waals surface area contributed by atoms with Gasteiger partial charge < -0.3 is 4.74 Å². The van der Waals surface area contributed by atoms with Crippen LogP contribution < -0.4 is 15.0 Å². The van der Waals surface area contributed by atoms with E-state index in [0.717, 1.165) is 32.5 Å². The van der Waals surface area contributed by atoms with Crippen molar-refractivity contribution in [3.63, 3.8) is 0 Å². The number of barbiturate groups is 1. The molecule has 0 saturated carbocycles. The summed E-state index contributed by atoms with van der Waals surface area (Å²) in [6, 6.07) is 17.8. The molecule has 4 amide bonds. The number of hydrogen-bond donors (Lipinski definition) is 1. The molecule has 0 atom stereocenters. The fourth-order valence-electron chi connectivity index (χ4n) is 3.90. The number of nitrogens with one attached hydrogen (secondary N) is 1. The molecule has 0 aliphatic carbocycles. The van der Waals surface area contributed by atoms with Crippen LogP contribution in [0.1, 0.15) is 29.2 Å². The van der Waals surface area contributed by atoms with Crippen LogP contribution in [0.2, 0.25) is 0 Å². The highest BCUT2D eigenvalue weighted by molar-refractivity contribution is 9.10. The number of allylic oxidation sites excluding steroid dienone is 1. The van der Waals surface area contributed by atoms with Crippen LogP contribution in [-0.4, -0.2) is 17.8 Å². The maximum absolute atomic E-state index is 13.3. The molecule has 4 rings (SSSR count). The average Bonchev–Trinajstić information content (AvgIpc) is 2.87. The van der Waals surface area contributed by atoms with E-state index >= 15 is 0 Å². The molecule has 0 spiro atoms. The van der Waals surface area contributed by atoms with E-state index < -0.39 is 17.8 Å². The molecule has 3 aromatic carbocycles. The van der Waals surface area contributed by atoms with Gasteiger partial charge in [-0.15, -0.1) is 6.58 Å². The summed E-state index contributed by atoms with van der Waals surface area (Å²) in [7, 11) is 0. The van der Waals surface area contributed by atoms with Crippen molar-refractivity contribution in [1.82, 2.24) is 5.32 Å². The number of amides is 4. The topological polar surface area (TPSA) is 75.7 Å². The smallest absolute Gasteiger partial charge is 0.335 e. The lowest BCUT2D eigenvalue weighted by atomic mass is 10.0. The number of halogens is 2. The van der Waals surface area contributed by atoms with Crippen LogP contribution in [0.25, 0.3) is 6.08 Å². The van der Waals surface area contributed by atoms with Crippen LogP contribution >= 0.6 is 31.9 Å². The number of ether oxygens (including phenoxy) is 1. The van der Waals surface area contributed by atoms with Crippen molar-refractivity contribution in [2.75, 3.05) is 4.90 Å². The van der Waals surface area contributed by atoms with Crippen molar-refractivity contribution in [2.45, 2.75) is 26.4 Å². The van der Waals surface area contributed by atoms with Gasteiger partial charge in [-0.3, -0.25) is 14.9 Å². The number of imide groups is 2. The molecule has 0 radical (unpaired) electrons. The van der Waals surface area contributed by atoms with Gasteiger partial charge in [-0.05, 0) is 93.5 Å². The van der Waals surface area contributed by atoms with Gasteiger partial charge in [0.05, 0.1) is 10.2 Å². The Morgan fingerprint density at radius 2 is 1.65 bits per heavy atom. The van der Waals surface area contributed by atoms with E-state index in [2.05, 4.69) is 43.8 Å². The van der Waals surface area contributed by atoms with Crippen LogP contribution in [-0.2, 0) is 29.0 Å². The summed E-state index contributed by atoms with van der Waals surface area (Å²) in [4.78, 5) is 39.4. The van der Waals surface area contributed by atoms with Crippen LogP contribution in [0.5, 0.6) is 5.75 Å². The zero-order chi connectivity index (χ0) is 26.5. The van der Waals surface area contributed by atoms with E-state index in [1.54, 1.807) is 24.3 Å². The number of carbonyl (C=O) groups is 3. The second kappa shape index (κ2) is 11.7. The van der Waals surface area contributed by atoms with E-state index in [1.807, 2.05) is 49.4 Å². The molecule has 1 aliphatic heterocycles. The first-order valence-corrected chi connectivity index (χ1v) is 13.2. The molecule has 1 saturated heterocycles. The Balaban J connectivity index is 1.64. The number of carbonyl (C=O) groups excluding carboxylic acids is 3. The fraction of sp³-hybridized carbons (Fsp3) is 0.138. The maximum atomic E-state index is 13.3. The maximum Gasteiger partial charge on any atom is 0.335 e. The van der Waals surface area contributed by atoms with Gasteiger partial charge in [0.25, 0.3) is 11.8 Å². The van der Waals surface area contributed by atoms with Crippen LogP contribution in [0.15, 0.2) is 87.8 Å². The largest absolute Gasteiger partial charge is 0.487 e. The first kappa shape index (κ1) is 26.6. The predicted molar refractivity (Wildman–Crippen MR) is 151 cm³/mol. The minimum absolute atomic E-state index is 0.140. The van der Waals surface area contributed by atoms with Crippen molar-refractivity contribution in [2.24, 2.45) is 0 Å². The van der Waals surface area contributed by atoms with E-state index in [1.165, 1.54) is 6.08 Å². The van der Waals surface area contributed by atoms with Crippen LogP contribution in [0.4, 0.5) is 10.5 Å². The molecule has 1 fully saturated rings. The van der Waals surface area contributed by atoms with E-state index in [0.29, 0.717) is 34.5 Å². The summed E-state index contributed by atoms with van der Waals surface area (Å²) in [5, 5.41) is 2.27. The minimum Gasteiger partial charge on any atom is -0.487 e. The molecule has 0 unspecified atom stereocenters. The van der Waals surface area contributed by atoms with E-state index in [9.17, 15) is 14.4 Å². The van der Waals surface area contributed by atoms with Gasteiger partial charge in [0.1, 0.15) is 17.9 Å². The predicted octanol–water partition coefficient (Wildman–Crippen LogP) is 6.75. The van der Waals surface area contributed by atoms with E-state index in [4.69, 9.17) is 4.74 Å². The number of hydrogen-bond acceptors (Lipinski definition) is 4.